The van der Waals surface area contributed by atoms with Crippen LogP contribution in [0.3, 0.4) is 0 Å². The number of rotatable bonds is 5. The van der Waals surface area contributed by atoms with Crippen LogP contribution in [-0.2, 0) is 11.3 Å². The fourth-order valence-electron chi connectivity index (χ4n) is 4.58. The van der Waals surface area contributed by atoms with Crippen LogP contribution in [0.15, 0.2) is 42.7 Å². The van der Waals surface area contributed by atoms with Gasteiger partial charge < -0.3 is 19.9 Å². The van der Waals surface area contributed by atoms with Crippen LogP contribution in [0, 0.1) is 11.6 Å². The van der Waals surface area contributed by atoms with Crippen molar-refractivity contribution in [2.45, 2.75) is 39.3 Å². The van der Waals surface area contributed by atoms with Gasteiger partial charge in [-0.3, -0.25) is 4.40 Å². The van der Waals surface area contributed by atoms with E-state index in [2.05, 4.69) is 15.3 Å². The third-order valence-corrected chi connectivity index (χ3v) is 6.47. The van der Waals surface area contributed by atoms with Crippen molar-refractivity contribution in [2.75, 3.05) is 36.4 Å². The van der Waals surface area contributed by atoms with E-state index in [1.165, 1.54) is 24.4 Å². The molecule has 1 aliphatic rings. The van der Waals surface area contributed by atoms with Gasteiger partial charge >= 0.3 is 6.09 Å². The molecule has 1 saturated heterocycles. The van der Waals surface area contributed by atoms with Gasteiger partial charge in [0.15, 0.2) is 0 Å². The number of amides is 1. The molecule has 1 N–H and O–H groups in total. The van der Waals surface area contributed by atoms with Gasteiger partial charge in [-0.25, -0.2) is 27.3 Å². The number of alkyl halides is 2. The van der Waals surface area contributed by atoms with Gasteiger partial charge in [-0.05, 0) is 26.8 Å². The Morgan fingerprint density at radius 3 is 2.56 bits per heavy atom. The number of benzene rings is 2. The number of carbonyl (C=O) groups is 1. The molecule has 1 amide bonds. The number of nitrogens with zero attached hydrogens (tertiary/aromatic N) is 5. The van der Waals surface area contributed by atoms with E-state index in [-0.39, 0.29) is 12.1 Å². The lowest BCUT2D eigenvalue weighted by molar-refractivity contribution is 0.0240. The smallest absolute Gasteiger partial charge is 0.410 e. The first kappa shape index (κ1) is 26.5. The molecule has 0 unspecified atom stereocenters. The number of piperazine rings is 1. The summed E-state index contributed by atoms with van der Waals surface area (Å²) in [6.45, 7) is 6.76. The van der Waals surface area contributed by atoms with Gasteiger partial charge in [0.25, 0.3) is 6.43 Å². The summed E-state index contributed by atoms with van der Waals surface area (Å²) in [4.78, 5) is 24.6. The van der Waals surface area contributed by atoms with Crippen LogP contribution in [0.4, 0.5) is 33.9 Å². The molecule has 5 rings (SSSR count). The molecule has 0 saturated carbocycles. The van der Waals surface area contributed by atoms with E-state index in [0.717, 1.165) is 6.07 Å². The summed E-state index contributed by atoms with van der Waals surface area (Å²) in [5, 5.41) is 3.57. The molecule has 3 heterocycles. The summed E-state index contributed by atoms with van der Waals surface area (Å²) in [6, 6.07) is 6.86. The molecule has 1 aliphatic heterocycles. The standard InChI is InChI=1S/C27H28F4N6O2/c1-27(2,3)39-26(38)36-11-9-35(10-12-36)21-13-18-20(14-19(21)28)37-8-7-32-25(37)34-24(18)33-15-16-5-4-6-17(22(16)29)23(30)31/h4-8,13-14,23H,9-12,15H2,1-3H3,(H,32,33,34). The maximum absolute atomic E-state index is 15.4. The fraction of sp³-hybridized carbons (Fsp3) is 0.370. The third kappa shape index (κ3) is 5.41. The number of nitrogens with one attached hydrogen (secondary N) is 1. The van der Waals surface area contributed by atoms with Gasteiger partial charge in [-0.1, -0.05) is 18.2 Å². The Morgan fingerprint density at radius 2 is 1.87 bits per heavy atom. The lowest BCUT2D eigenvalue weighted by atomic mass is 10.1. The number of hydrogen-bond acceptors (Lipinski definition) is 6. The number of ether oxygens (including phenoxy) is 1. The Balaban J connectivity index is 1.44. The first-order chi connectivity index (χ1) is 18.5. The molecular formula is C27H28F4N6O2. The summed E-state index contributed by atoms with van der Waals surface area (Å²) in [5.74, 6) is -0.846. The van der Waals surface area contributed by atoms with Crippen LogP contribution in [0.1, 0.15) is 38.3 Å². The van der Waals surface area contributed by atoms with Gasteiger partial charge in [0.1, 0.15) is 23.1 Å². The van der Waals surface area contributed by atoms with Gasteiger partial charge in [0, 0.05) is 62.1 Å². The fourth-order valence-corrected chi connectivity index (χ4v) is 4.58. The zero-order valence-corrected chi connectivity index (χ0v) is 21.7. The molecule has 0 aliphatic carbocycles. The molecule has 2 aromatic carbocycles. The molecule has 0 bridgehead atoms. The number of imidazole rings is 1. The average molecular weight is 545 g/mol. The van der Waals surface area contributed by atoms with Crippen molar-refractivity contribution < 1.29 is 27.1 Å². The Kier molecular flexibility index (Phi) is 6.96. The number of halogens is 4. The SMILES string of the molecule is CC(C)(C)OC(=O)N1CCN(c2cc3c(NCc4cccc(C(F)F)c4F)nc4nccn4c3cc2F)CC1. The van der Waals surface area contributed by atoms with Crippen molar-refractivity contribution >= 4 is 34.3 Å². The van der Waals surface area contributed by atoms with Crippen molar-refractivity contribution in [2.24, 2.45) is 0 Å². The lowest BCUT2D eigenvalue weighted by Gasteiger charge is -2.37. The first-order valence-electron chi connectivity index (χ1n) is 12.5. The number of hydrogen-bond donors (Lipinski definition) is 1. The van der Waals surface area contributed by atoms with E-state index in [0.29, 0.717) is 54.4 Å². The van der Waals surface area contributed by atoms with E-state index in [1.54, 1.807) is 42.3 Å². The second-order valence-corrected chi connectivity index (χ2v) is 10.3. The van der Waals surface area contributed by atoms with Crippen LogP contribution in [0.5, 0.6) is 0 Å². The van der Waals surface area contributed by atoms with E-state index >= 15 is 4.39 Å². The average Bonchev–Trinajstić information content (AvgIpc) is 3.35. The normalized spacial score (nSPS) is 14.5. The molecule has 206 valence electrons. The van der Waals surface area contributed by atoms with Gasteiger partial charge in [-0.2, -0.15) is 4.98 Å². The summed E-state index contributed by atoms with van der Waals surface area (Å²) < 4.78 is 63.5. The quantitative estimate of drug-likeness (QED) is 0.322. The second kappa shape index (κ2) is 10.2. The Bertz CT molecular complexity index is 1530. The van der Waals surface area contributed by atoms with E-state index in [9.17, 15) is 18.0 Å². The van der Waals surface area contributed by atoms with Gasteiger partial charge in [0.05, 0.1) is 16.8 Å². The largest absolute Gasteiger partial charge is 0.444 e. The maximum atomic E-state index is 15.4. The number of carbonyl (C=O) groups excluding carboxylic acids is 1. The van der Waals surface area contributed by atoms with Crippen LogP contribution >= 0.6 is 0 Å². The zero-order chi connectivity index (χ0) is 27.9. The van der Waals surface area contributed by atoms with Crippen LogP contribution in [0.25, 0.3) is 16.7 Å². The number of anilines is 2. The molecule has 4 aromatic rings. The molecule has 0 radical (unpaired) electrons. The predicted octanol–water partition coefficient (Wildman–Crippen LogP) is 5.77. The highest BCUT2D eigenvalue weighted by Gasteiger charge is 2.27. The van der Waals surface area contributed by atoms with Crippen LogP contribution in [-0.4, -0.2) is 57.1 Å². The molecule has 39 heavy (non-hydrogen) atoms. The molecule has 1 fully saturated rings. The third-order valence-electron chi connectivity index (χ3n) is 6.47. The molecular weight excluding hydrogens is 516 g/mol. The highest BCUT2D eigenvalue weighted by molar-refractivity contribution is 5.94. The van der Waals surface area contributed by atoms with Crippen molar-refractivity contribution in [1.29, 1.82) is 0 Å². The molecule has 0 spiro atoms. The topological polar surface area (TPSA) is 75.0 Å². The minimum atomic E-state index is -2.94. The minimum Gasteiger partial charge on any atom is -0.444 e. The second-order valence-electron chi connectivity index (χ2n) is 10.3. The Morgan fingerprint density at radius 1 is 1.13 bits per heavy atom. The van der Waals surface area contributed by atoms with Gasteiger partial charge in [-0.15, -0.1) is 0 Å². The van der Waals surface area contributed by atoms with E-state index in [4.69, 9.17) is 4.74 Å². The first-order valence-corrected chi connectivity index (χ1v) is 12.5. The summed E-state index contributed by atoms with van der Waals surface area (Å²) in [7, 11) is 0. The summed E-state index contributed by atoms with van der Waals surface area (Å²) in [5.41, 5.74) is -0.438. The van der Waals surface area contributed by atoms with Crippen molar-refractivity contribution in [3.05, 3.63) is 65.5 Å². The van der Waals surface area contributed by atoms with Crippen LogP contribution in [0.2, 0.25) is 0 Å². The predicted molar refractivity (Wildman–Crippen MR) is 139 cm³/mol. The molecule has 8 nitrogen and oxygen atoms in total. The Hall–Kier alpha value is -4.09. The van der Waals surface area contributed by atoms with Crippen molar-refractivity contribution in [3.63, 3.8) is 0 Å². The van der Waals surface area contributed by atoms with Gasteiger partial charge in [0.2, 0.25) is 5.78 Å². The number of aromatic nitrogens is 3. The molecule has 0 atom stereocenters. The lowest BCUT2D eigenvalue weighted by Crippen LogP contribution is -2.50. The van der Waals surface area contributed by atoms with Crippen LogP contribution < -0.4 is 10.2 Å². The minimum absolute atomic E-state index is 0.0477. The summed E-state index contributed by atoms with van der Waals surface area (Å²) >= 11 is 0. The monoisotopic (exact) mass is 544 g/mol. The van der Waals surface area contributed by atoms with Crippen molar-refractivity contribution in [3.8, 4) is 0 Å². The highest BCUT2D eigenvalue weighted by atomic mass is 19.3. The van der Waals surface area contributed by atoms with Crippen molar-refractivity contribution in [1.82, 2.24) is 19.3 Å². The maximum Gasteiger partial charge on any atom is 0.410 e. The Labute approximate surface area is 222 Å². The molecule has 12 heteroatoms. The number of fused-ring (bicyclic) bond motifs is 3. The molecule has 2 aromatic heterocycles. The van der Waals surface area contributed by atoms with E-state index < -0.39 is 35.3 Å². The summed E-state index contributed by atoms with van der Waals surface area (Å²) in [6.07, 6.45) is -0.174. The zero-order valence-electron chi connectivity index (χ0n) is 21.7. The van der Waals surface area contributed by atoms with E-state index in [1.807, 2.05) is 4.90 Å². The highest BCUT2D eigenvalue weighted by Crippen LogP contribution is 2.32.